The number of carbonyl (C=O) groups is 1. The SMILES string of the molecule is CC(COCc1ccccc1)CC(N)C(=O)O. The van der Waals surface area contributed by atoms with E-state index in [0.717, 1.165) is 5.56 Å². The Hall–Kier alpha value is -1.39. The molecule has 94 valence electrons. The summed E-state index contributed by atoms with van der Waals surface area (Å²) < 4.78 is 5.51. The molecule has 0 aromatic heterocycles. The van der Waals surface area contributed by atoms with E-state index >= 15 is 0 Å². The molecule has 1 aromatic carbocycles. The summed E-state index contributed by atoms with van der Waals surface area (Å²) in [6, 6.07) is 9.06. The van der Waals surface area contributed by atoms with Gasteiger partial charge in [-0.2, -0.15) is 0 Å². The molecule has 0 fully saturated rings. The van der Waals surface area contributed by atoms with Crippen molar-refractivity contribution in [3.05, 3.63) is 35.9 Å². The zero-order chi connectivity index (χ0) is 12.7. The Kier molecular flexibility index (Phi) is 5.66. The van der Waals surface area contributed by atoms with Gasteiger partial charge in [-0.15, -0.1) is 0 Å². The fourth-order valence-corrected chi connectivity index (χ4v) is 1.55. The zero-order valence-electron chi connectivity index (χ0n) is 10.0. The van der Waals surface area contributed by atoms with Crippen LogP contribution >= 0.6 is 0 Å². The average molecular weight is 237 g/mol. The third kappa shape index (κ3) is 5.47. The van der Waals surface area contributed by atoms with Gasteiger partial charge in [-0.05, 0) is 17.9 Å². The normalized spacial score (nSPS) is 14.2. The number of nitrogens with two attached hydrogens (primary N) is 1. The Morgan fingerprint density at radius 1 is 1.41 bits per heavy atom. The van der Waals surface area contributed by atoms with Gasteiger partial charge in [-0.3, -0.25) is 4.79 Å². The largest absolute Gasteiger partial charge is 0.480 e. The molecule has 0 aliphatic carbocycles. The average Bonchev–Trinajstić information content (AvgIpc) is 2.30. The van der Waals surface area contributed by atoms with Crippen molar-refractivity contribution >= 4 is 5.97 Å². The van der Waals surface area contributed by atoms with Gasteiger partial charge in [0.1, 0.15) is 6.04 Å². The number of hydrogen-bond acceptors (Lipinski definition) is 3. The minimum Gasteiger partial charge on any atom is -0.480 e. The minimum absolute atomic E-state index is 0.143. The number of carboxylic acid groups (broad SMARTS) is 1. The molecule has 4 nitrogen and oxygen atoms in total. The fraction of sp³-hybridized carbons (Fsp3) is 0.462. The van der Waals surface area contributed by atoms with Crippen molar-refractivity contribution in [1.82, 2.24) is 0 Å². The van der Waals surface area contributed by atoms with Gasteiger partial charge < -0.3 is 15.6 Å². The molecular weight excluding hydrogens is 218 g/mol. The maximum Gasteiger partial charge on any atom is 0.320 e. The van der Waals surface area contributed by atoms with Crippen LogP contribution in [-0.4, -0.2) is 23.7 Å². The van der Waals surface area contributed by atoms with Crippen molar-refractivity contribution in [2.75, 3.05) is 6.61 Å². The van der Waals surface area contributed by atoms with Crippen molar-refractivity contribution in [2.24, 2.45) is 11.7 Å². The number of carboxylic acids is 1. The number of benzene rings is 1. The quantitative estimate of drug-likeness (QED) is 0.756. The summed E-state index contributed by atoms with van der Waals surface area (Å²) in [4.78, 5) is 10.6. The monoisotopic (exact) mass is 237 g/mol. The second-order valence-electron chi connectivity index (χ2n) is 4.29. The lowest BCUT2D eigenvalue weighted by Gasteiger charge is -2.14. The lowest BCUT2D eigenvalue weighted by Crippen LogP contribution is -2.32. The molecule has 3 N–H and O–H groups in total. The molecular formula is C13H19NO3. The van der Waals surface area contributed by atoms with E-state index in [4.69, 9.17) is 15.6 Å². The zero-order valence-corrected chi connectivity index (χ0v) is 10.0. The Bertz CT molecular complexity index is 340. The van der Waals surface area contributed by atoms with Gasteiger partial charge in [0.05, 0.1) is 6.61 Å². The Morgan fingerprint density at radius 2 is 2.06 bits per heavy atom. The highest BCUT2D eigenvalue weighted by Gasteiger charge is 2.15. The van der Waals surface area contributed by atoms with Crippen molar-refractivity contribution in [3.8, 4) is 0 Å². The van der Waals surface area contributed by atoms with E-state index < -0.39 is 12.0 Å². The molecule has 17 heavy (non-hydrogen) atoms. The first-order chi connectivity index (χ1) is 8.09. The molecule has 2 atom stereocenters. The third-order valence-electron chi connectivity index (χ3n) is 2.49. The van der Waals surface area contributed by atoms with E-state index in [2.05, 4.69) is 0 Å². The van der Waals surface area contributed by atoms with Gasteiger partial charge in [0.15, 0.2) is 0 Å². The van der Waals surface area contributed by atoms with Gasteiger partial charge in [0.25, 0.3) is 0 Å². The van der Waals surface area contributed by atoms with E-state index in [-0.39, 0.29) is 5.92 Å². The van der Waals surface area contributed by atoms with Crippen LogP contribution in [0.3, 0.4) is 0 Å². The van der Waals surface area contributed by atoms with Crippen LogP contribution in [0.2, 0.25) is 0 Å². The number of hydrogen-bond donors (Lipinski definition) is 2. The van der Waals surface area contributed by atoms with Gasteiger partial charge in [0.2, 0.25) is 0 Å². The van der Waals surface area contributed by atoms with Crippen molar-refractivity contribution in [1.29, 1.82) is 0 Å². The Morgan fingerprint density at radius 3 is 2.65 bits per heavy atom. The molecule has 0 aliphatic heterocycles. The van der Waals surface area contributed by atoms with Gasteiger partial charge in [-0.1, -0.05) is 37.3 Å². The van der Waals surface area contributed by atoms with Gasteiger partial charge in [-0.25, -0.2) is 0 Å². The topological polar surface area (TPSA) is 72.5 Å². The van der Waals surface area contributed by atoms with Crippen molar-refractivity contribution < 1.29 is 14.6 Å². The lowest BCUT2D eigenvalue weighted by molar-refractivity contribution is -0.139. The van der Waals surface area contributed by atoms with E-state index in [1.165, 1.54) is 0 Å². The first-order valence-corrected chi connectivity index (χ1v) is 5.69. The van der Waals surface area contributed by atoms with Crippen LogP contribution in [-0.2, 0) is 16.1 Å². The molecule has 4 heteroatoms. The number of ether oxygens (including phenoxy) is 1. The summed E-state index contributed by atoms with van der Waals surface area (Å²) >= 11 is 0. The molecule has 0 saturated carbocycles. The van der Waals surface area contributed by atoms with E-state index in [0.29, 0.717) is 19.6 Å². The van der Waals surface area contributed by atoms with Crippen molar-refractivity contribution in [2.45, 2.75) is 26.0 Å². The molecule has 1 rings (SSSR count). The van der Waals surface area contributed by atoms with Crippen LogP contribution in [0.25, 0.3) is 0 Å². The summed E-state index contributed by atoms with van der Waals surface area (Å²) in [5.41, 5.74) is 6.56. The van der Waals surface area contributed by atoms with Crippen LogP contribution in [0, 0.1) is 5.92 Å². The molecule has 0 bridgehead atoms. The smallest absolute Gasteiger partial charge is 0.320 e. The van der Waals surface area contributed by atoms with E-state index in [9.17, 15) is 4.79 Å². The van der Waals surface area contributed by atoms with Crippen molar-refractivity contribution in [3.63, 3.8) is 0 Å². The van der Waals surface area contributed by atoms with Crippen LogP contribution in [0.5, 0.6) is 0 Å². The summed E-state index contributed by atoms with van der Waals surface area (Å²) in [5.74, 6) is -0.815. The first kappa shape index (κ1) is 13.7. The molecule has 0 radical (unpaired) electrons. The molecule has 2 unspecified atom stereocenters. The highest BCUT2D eigenvalue weighted by atomic mass is 16.5. The first-order valence-electron chi connectivity index (χ1n) is 5.69. The molecule has 0 heterocycles. The minimum atomic E-state index is -0.958. The Labute approximate surface area is 101 Å². The summed E-state index contributed by atoms with van der Waals surface area (Å²) in [5, 5.41) is 8.67. The fourth-order valence-electron chi connectivity index (χ4n) is 1.55. The second kappa shape index (κ2) is 7.04. The molecule has 0 aliphatic rings. The number of rotatable bonds is 7. The maximum absolute atomic E-state index is 10.6. The number of aliphatic carboxylic acids is 1. The van der Waals surface area contributed by atoms with Gasteiger partial charge >= 0.3 is 5.97 Å². The van der Waals surface area contributed by atoms with E-state index in [1.54, 1.807) is 0 Å². The predicted octanol–water partition coefficient (Wildman–Crippen LogP) is 1.64. The van der Waals surface area contributed by atoms with Crippen LogP contribution in [0.15, 0.2) is 30.3 Å². The van der Waals surface area contributed by atoms with Crippen LogP contribution < -0.4 is 5.73 Å². The highest BCUT2D eigenvalue weighted by Crippen LogP contribution is 2.08. The highest BCUT2D eigenvalue weighted by molar-refractivity contribution is 5.72. The third-order valence-corrected chi connectivity index (χ3v) is 2.49. The van der Waals surface area contributed by atoms with Crippen LogP contribution in [0.1, 0.15) is 18.9 Å². The molecule has 0 spiro atoms. The molecule has 1 aromatic rings. The van der Waals surface area contributed by atoms with Gasteiger partial charge in [0, 0.05) is 6.61 Å². The standard InChI is InChI=1S/C13H19NO3/c1-10(7-12(14)13(15)16)8-17-9-11-5-3-2-4-6-11/h2-6,10,12H,7-9,14H2,1H3,(H,15,16). The summed E-state index contributed by atoms with van der Waals surface area (Å²) in [6.07, 6.45) is 0.435. The summed E-state index contributed by atoms with van der Waals surface area (Å²) in [7, 11) is 0. The van der Waals surface area contributed by atoms with Crippen LogP contribution in [0.4, 0.5) is 0 Å². The maximum atomic E-state index is 10.6. The molecule has 0 amide bonds. The second-order valence-corrected chi connectivity index (χ2v) is 4.29. The lowest BCUT2D eigenvalue weighted by atomic mass is 10.0. The predicted molar refractivity (Wildman–Crippen MR) is 65.5 cm³/mol. The van der Waals surface area contributed by atoms with E-state index in [1.807, 2.05) is 37.3 Å². The Balaban J connectivity index is 2.20. The molecule has 0 saturated heterocycles. The summed E-state index contributed by atoms with van der Waals surface area (Å²) in [6.45, 7) is 3.01.